The minimum Gasteiger partial charge on any atom is -0.384 e. The molecule has 0 aliphatic rings. The summed E-state index contributed by atoms with van der Waals surface area (Å²) in [6.07, 6.45) is 3.57. The van der Waals surface area contributed by atoms with Crippen LogP contribution in [0.15, 0.2) is 0 Å². The molecule has 5 nitrogen and oxygen atoms in total. The van der Waals surface area contributed by atoms with Gasteiger partial charge in [0.2, 0.25) is 0 Å². The Hall–Kier alpha value is -1.52. The van der Waals surface area contributed by atoms with Crippen molar-refractivity contribution in [3.63, 3.8) is 0 Å². The van der Waals surface area contributed by atoms with Crippen LogP contribution < -0.4 is 10.6 Å². The van der Waals surface area contributed by atoms with E-state index in [1.807, 2.05) is 18.7 Å². The van der Waals surface area contributed by atoms with E-state index < -0.39 is 0 Å². The number of nitrogens with one attached hydrogen (secondary N) is 1. The van der Waals surface area contributed by atoms with Crippen LogP contribution in [0, 0.1) is 12.3 Å². The van der Waals surface area contributed by atoms with Crippen LogP contribution in [0.25, 0.3) is 0 Å². The highest BCUT2D eigenvalue weighted by Crippen LogP contribution is 2.25. The van der Waals surface area contributed by atoms with Crippen molar-refractivity contribution < 1.29 is 0 Å². The lowest BCUT2D eigenvalue weighted by atomic mass is 10.1. The minimum absolute atomic E-state index is 0.0988. The maximum absolute atomic E-state index is 7.78. The summed E-state index contributed by atoms with van der Waals surface area (Å²) >= 11 is 0. The fraction of sp³-hybridized carbons (Fsp3) is 0.714. The molecule has 0 amide bonds. The van der Waals surface area contributed by atoms with Crippen molar-refractivity contribution in [3.05, 3.63) is 11.3 Å². The molecule has 108 valence electrons. The van der Waals surface area contributed by atoms with Crippen LogP contribution in [-0.4, -0.2) is 28.2 Å². The topological polar surface area (TPSA) is 70.9 Å². The third-order valence-electron chi connectivity index (χ3n) is 3.36. The Bertz CT molecular complexity index is 433. The lowest BCUT2D eigenvalue weighted by molar-refractivity contribution is 0.599. The Labute approximate surface area is 116 Å². The molecule has 0 saturated heterocycles. The monoisotopic (exact) mass is 265 g/mol. The van der Waals surface area contributed by atoms with E-state index in [2.05, 4.69) is 30.8 Å². The average molecular weight is 265 g/mol. The van der Waals surface area contributed by atoms with E-state index in [1.54, 1.807) is 0 Å². The highest BCUT2D eigenvalue weighted by Gasteiger charge is 2.22. The predicted molar refractivity (Wildman–Crippen MR) is 81.0 cm³/mol. The number of nitrogen functional groups attached to an aromatic ring is 1. The minimum atomic E-state index is 0.0988. The number of aromatic nitrogens is 2. The first-order valence-corrected chi connectivity index (χ1v) is 7.04. The van der Waals surface area contributed by atoms with Crippen LogP contribution >= 0.6 is 0 Å². The van der Waals surface area contributed by atoms with Crippen LogP contribution in [-0.2, 0) is 7.05 Å². The third-order valence-corrected chi connectivity index (χ3v) is 3.36. The van der Waals surface area contributed by atoms with Crippen molar-refractivity contribution in [3.8, 4) is 0 Å². The van der Waals surface area contributed by atoms with Gasteiger partial charge in [-0.05, 0) is 27.2 Å². The van der Waals surface area contributed by atoms with Gasteiger partial charge in [0.25, 0.3) is 0 Å². The third kappa shape index (κ3) is 3.49. The van der Waals surface area contributed by atoms with Gasteiger partial charge in [-0.3, -0.25) is 10.1 Å². The summed E-state index contributed by atoms with van der Waals surface area (Å²) in [7, 11) is 1.92. The molecule has 0 radical (unpaired) electrons. The number of amidine groups is 1. The zero-order valence-corrected chi connectivity index (χ0v) is 12.8. The van der Waals surface area contributed by atoms with Crippen molar-refractivity contribution in [1.82, 2.24) is 9.78 Å². The Morgan fingerprint density at radius 1 is 1.42 bits per heavy atom. The van der Waals surface area contributed by atoms with E-state index in [9.17, 15) is 0 Å². The molecule has 0 unspecified atom stereocenters. The van der Waals surface area contributed by atoms with E-state index >= 15 is 0 Å². The molecule has 0 saturated carbocycles. The lowest BCUT2D eigenvalue weighted by Crippen LogP contribution is -2.35. The fourth-order valence-corrected chi connectivity index (χ4v) is 2.43. The molecule has 0 aromatic carbocycles. The maximum Gasteiger partial charge on any atom is 0.138 e. The van der Waals surface area contributed by atoms with E-state index in [1.165, 1.54) is 12.8 Å². The molecule has 1 heterocycles. The van der Waals surface area contributed by atoms with Crippen molar-refractivity contribution >= 4 is 11.7 Å². The van der Waals surface area contributed by atoms with E-state index in [0.717, 1.165) is 30.0 Å². The molecular weight excluding hydrogens is 238 g/mol. The lowest BCUT2D eigenvalue weighted by Gasteiger charge is -2.29. The Balaban J connectivity index is 3.11. The van der Waals surface area contributed by atoms with Gasteiger partial charge in [-0.1, -0.05) is 19.8 Å². The first-order valence-electron chi connectivity index (χ1n) is 7.04. The number of unbranched alkanes of at least 4 members (excludes halogenated alkanes) is 2. The summed E-state index contributed by atoms with van der Waals surface area (Å²) in [5.74, 6) is 1.07. The summed E-state index contributed by atoms with van der Waals surface area (Å²) in [5.41, 5.74) is 7.32. The van der Waals surface area contributed by atoms with Gasteiger partial charge >= 0.3 is 0 Å². The number of nitrogens with two attached hydrogens (primary N) is 1. The number of nitrogens with zero attached hydrogens (tertiary/aromatic N) is 3. The second-order valence-corrected chi connectivity index (χ2v) is 5.32. The highest BCUT2D eigenvalue weighted by atomic mass is 15.4. The zero-order valence-electron chi connectivity index (χ0n) is 12.8. The van der Waals surface area contributed by atoms with E-state index in [-0.39, 0.29) is 5.84 Å². The molecule has 0 fully saturated rings. The van der Waals surface area contributed by atoms with Gasteiger partial charge in [-0.25, -0.2) is 0 Å². The van der Waals surface area contributed by atoms with Crippen molar-refractivity contribution in [2.45, 2.75) is 53.0 Å². The molecule has 19 heavy (non-hydrogen) atoms. The van der Waals surface area contributed by atoms with Crippen LogP contribution in [0.2, 0.25) is 0 Å². The molecule has 1 aromatic rings. The predicted octanol–water partition coefficient (Wildman–Crippen LogP) is 2.42. The average Bonchev–Trinajstić information content (AvgIpc) is 2.59. The normalized spacial score (nSPS) is 11.1. The summed E-state index contributed by atoms with van der Waals surface area (Å²) in [4.78, 5) is 2.30. The van der Waals surface area contributed by atoms with Gasteiger partial charge in [-0.2, -0.15) is 5.10 Å². The summed E-state index contributed by atoms with van der Waals surface area (Å²) in [5, 5.41) is 12.2. The quantitative estimate of drug-likeness (QED) is 0.452. The van der Waals surface area contributed by atoms with Gasteiger partial charge in [0.05, 0.1) is 11.3 Å². The second-order valence-electron chi connectivity index (χ2n) is 5.32. The van der Waals surface area contributed by atoms with E-state index in [4.69, 9.17) is 11.1 Å². The SMILES string of the molecule is CCCCCN(c1c(C(=N)N)c(C)nn1C)C(C)C. The van der Waals surface area contributed by atoms with Gasteiger partial charge in [0.1, 0.15) is 11.7 Å². The highest BCUT2D eigenvalue weighted by molar-refractivity contribution is 6.01. The molecule has 3 N–H and O–H groups in total. The molecule has 1 aromatic heterocycles. The largest absolute Gasteiger partial charge is 0.384 e. The number of aryl methyl sites for hydroxylation is 2. The Morgan fingerprint density at radius 2 is 2.05 bits per heavy atom. The van der Waals surface area contributed by atoms with Crippen LogP contribution in [0.5, 0.6) is 0 Å². The Kier molecular flexibility index (Phi) is 5.39. The molecule has 0 aliphatic heterocycles. The Morgan fingerprint density at radius 3 is 2.53 bits per heavy atom. The molecular formula is C14H27N5. The van der Waals surface area contributed by atoms with Crippen molar-refractivity contribution in [1.29, 1.82) is 5.41 Å². The van der Waals surface area contributed by atoms with Gasteiger partial charge < -0.3 is 10.6 Å². The number of hydrogen-bond donors (Lipinski definition) is 2. The molecule has 0 bridgehead atoms. The summed E-state index contributed by atoms with van der Waals surface area (Å²) in [6.45, 7) is 9.42. The zero-order chi connectivity index (χ0) is 14.6. The van der Waals surface area contributed by atoms with Crippen LogP contribution in [0.3, 0.4) is 0 Å². The number of anilines is 1. The summed E-state index contributed by atoms with van der Waals surface area (Å²) < 4.78 is 1.85. The number of hydrogen-bond acceptors (Lipinski definition) is 3. The van der Waals surface area contributed by atoms with Gasteiger partial charge in [0, 0.05) is 19.6 Å². The molecule has 0 aliphatic carbocycles. The van der Waals surface area contributed by atoms with Crippen molar-refractivity contribution in [2.24, 2.45) is 12.8 Å². The molecule has 1 rings (SSSR count). The number of rotatable bonds is 7. The molecule has 0 spiro atoms. The van der Waals surface area contributed by atoms with Crippen LogP contribution in [0.1, 0.15) is 51.3 Å². The summed E-state index contributed by atoms with van der Waals surface area (Å²) in [6, 6.07) is 0.366. The van der Waals surface area contributed by atoms with E-state index in [0.29, 0.717) is 6.04 Å². The first-order chi connectivity index (χ1) is 8.90. The van der Waals surface area contributed by atoms with Gasteiger partial charge in [0.15, 0.2) is 0 Å². The fourth-order valence-electron chi connectivity index (χ4n) is 2.43. The molecule has 0 atom stereocenters. The van der Waals surface area contributed by atoms with Crippen LogP contribution in [0.4, 0.5) is 5.82 Å². The molecule has 5 heteroatoms. The van der Waals surface area contributed by atoms with Gasteiger partial charge in [-0.15, -0.1) is 0 Å². The first kappa shape index (κ1) is 15.5. The standard InChI is InChI=1S/C14H27N5/c1-6-7-8-9-19(10(2)3)14-12(13(15)16)11(4)17-18(14)5/h10H,6-9H2,1-5H3,(H3,15,16). The smallest absolute Gasteiger partial charge is 0.138 e. The second kappa shape index (κ2) is 6.59. The maximum atomic E-state index is 7.78. The van der Waals surface area contributed by atoms with Crippen molar-refractivity contribution in [2.75, 3.05) is 11.4 Å².